The molecule has 0 amide bonds. The molecule has 0 saturated carbocycles. The lowest BCUT2D eigenvalue weighted by atomic mass is 10.1. The first kappa shape index (κ1) is 16.0. The maximum Gasteiger partial charge on any atom is 0.00724 e. The van der Waals surface area contributed by atoms with Crippen LogP contribution in [-0.4, -0.2) is 7.05 Å². The Balaban J connectivity index is 2.57. The average Bonchev–Trinajstić information content (AvgIpc) is 2.44. The second-order valence-electron chi connectivity index (χ2n) is 5.19. The highest BCUT2D eigenvalue weighted by Crippen LogP contribution is 2.13. The van der Waals surface area contributed by atoms with Gasteiger partial charge in [0.05, 0.1) is 0 Å². The van der Waals surface area contributed by atoms with Gasteiger partial charge in [0.15, 0.2) is 0 Å². The molecule has 1 aromatic carbocycles. The lowest BCUT2D eigenvalue weighted by Crippen LogP contribution is -2.00. The highest BCUT2D eigenvalue weighted by Gasteiger charge is 1.93. The maximum absolute atomic E-state index is 4.11. The molecule has 1 rings (SSSR count). The molecule has 0 spiro atoms. The van der Waals surface area contributed by atoms with Gasteiger partial charge < -0.3 is 5.32 Å². The Morgan fingerprint density at radius 3 is 2.40 bits per heavy atom. The van der Waals surface area contributed by atoms with E-state index in [1.807, 2.05) is 7.05 Å². The van der Waals surface area contributed by atoms with E-state index in [9.17, 15) is 0 Å². The largest absolute Gasteiger partial charge is 0.392 e. The van der Waals surface area contributed by atoms with Gasteiger partial charge in [-0.2, -0.15) is 0 Å². The van der Waals surface area contributed by atoms with Gasteiger partial charge >= 0.3 is 0 Å². The molecule has 1 nitrogen and oxygen atoms in total. The lowest BCUT2D eigenvalue weighted by molar-refractivity contribution is 0.989. The molecule has 1 heteroatoms. The summed E-state index contributed by atoms with van der Waals surface area (Å²) >= 11 is 0. The molecule has 0 aliphatic carbocycles. The molecule has 0 unspecified atom stereocenters. The minimum absolute atomic E-state index is 0.899. The van der Waals surface area contributed by atoms with Crippen molar-refractivity contribution >= 4 is 6.08 Å². The minimum Gasteiger partial charge on any atom is -0.392 e. The molecule has 1 N–H and O–H groups in total. The normalized spacial score (nSPS) is 12.8. The summed E-state index contributed by atoms with van der Waals surface area (Å²) in [5.74, 6) is 0. The van der Waals surface area contributed by atoms with Crippen molar-refractivity contribution in [2.24, 2.45) is 0 Å². The zero-order valence-corrected chi connectivity index (χ0v) is 13.0. The van der Waals surface area contributed by atoms with E-state index >= 15 is 0 Å². The topological polar surface area (TPSA) is 12.0 Å². The van der Waals surface area contributed by atoms with Crippen LogP contribution in [0, 0.1) is 6.92 Å². The number of benzene rings is 1. The first-order valence-electron chi connectivity index (χ1n) is 6.95. The zero-order chi connectivity index (χ0) is 15.0. The lowest BCUT2D eigenvalue weighted by Gasteiger charge is -2.01. The predicted molar refractivity (Wildman–Crippen MR) is 90.5 cm³/mol. The molecule has 106 valence electrons. The van der Waals surface area contributed by atoms with E-state index in [-0.39, 0.29) is 0 Å². The van der Waals surface area contributed by atoms with Gasteiger partial charge in [0.2, 0.25) is 0 Å². The van der Waals surface area contributed by atoms with Crippen LogP contribution in [0.4, 0.5) is 0 Å². The van der Waals surface area contributed by atoms with Crippen molar-refractivity contribution in [3.05, 3.63) is 77.0 Å². The average molecular weight is 267 g/mol. The highest BCUT2D eigenvalue weighted by molar-refractivity contribution is 5.53. The van der Waals surface area contributed by atoms with Crippen LogP contribution in [0.25, 0.3) is 6.08 Å². The summed E-state index contributed by atoms with van der Waals surface area (Å²) in [6.45, 7) is 10.4. The number of allylic oxidation sites excluding steroid dienone is 6. The number of rotatable bonds is 6. The molecular weight excluding hydrogens is 242 g/mol. The summed E-state index contributed by atoms with van der Waals surface area (Å²) in [4.78, 5) is 0. The van der Waals surface area contributed by atoms with E-state index in [4.69, 9.17) is 0 Å². The molecule has 0 atom stereocenters. The van der Waals surface area contributed by atoms with Crippen LogP contribution in [0.3, 0.4) is 0 Å². The summed E-state index contributed by atoms with van der Waals surface area (Å²) in [5.41, 5.74) is 6.08. The quantitative estimate of drug-likeness (QED) is 0.713. The van der Waals surface area contributed by atoms with Crippen LogP contribution in [0.5, 0.6) is 0 Å². The van der Waals surface area contributed by atoms with Crippen LogP contribution in [0.1, 0.15) is 31.4 Å². The fourth-order valence-corrected chi connectivity index (χ4v) is 1.72. The van der Waals surface area contributed by atoms with Crippen LogP contribution < -0.4 is 5.32 Å². The molecule has 0 heterocycles. The van der Waals surface area contributed by atoms with Crippen LogP contribution in [0.2, 0.25) is 0 Å². The van der Waals surface area contributed by atoms with Gasteiger partial charge in [-0.3, -0.25) is 0 Å². The van der Waals surface area contributed by atoms with Gasteiger partial charge in [0.25, 0.3) is 0 Å². The second-order valence-corrected chi connectivity index (χ2v) is 5.19. The van der Waals surface area contributed by atoms with Crippen LogP contribution in [-0.2, 0) is 0 Å². The van der Waals surface area contributed by atoms with Gasteiger partial charge in [-0.25, -0.2) is 0 Å². The van der Waals surface area contributed by atoms with Gasteiger partial charge in [0.1, 0.15) is 0 Å². The summed E-state index contributed by atoms with van der Waals surface area (Å²) in [6.07, 6.45) is 9.33. The van der Waals surface area contributed by atoms with Gasteiger partial charge in [-0.1, -0.05) is 65.8 Å². The van der Waals surface area contributed by atoms with Gasteiger partial charge in [-0.05, 0) is 38.8 Å². The SMILES string of the molecule is C=C(/C=C/c1ccc(C)cc1)C/C(C)=C/C=C(\C)NC. The fraction of sp³-hybridized carbons (Fsp3) is 0.263. The molecular formula is C19H25N. The maximum atomic E-state index is 4.11. The molecule has 0 radical (unpaired) electrons. The summed E-state index contributed by atoms with van der Waals surface area (Å²) in [5, 5.41) is 3.10. The van der Waals surface area contributed by atoms with Crippen molar-refractivity contribution in [3.63, 3.8) is 0 Å². The van der Waals surface area contributed by atoms with Crippen molar-refractivity contribution in [1.29, 1.82) is 0 Å². The molecule has 0 saturated heterocycles. The first-order valence-corrected chi connectivity index (χ1v) is 6.95. The number of hydrogen-bond acceptors (Lipinski definition) is 1. The van der Waals surface area contributed by atoms with Gasteiger partial charge in [0, 0.05) is 12.7 Å². The Kier molecular flexibility index (Phi) is 6.58. The molecule has 0 fully saturated rings. The van der Waals surface area contributed by atoms with E-state index in [0.29, 0.717) is 0 Å². The van der Waals surface area contributed by atoms with Crippen LogP contribution in [0.15, 0.2) is 65.9 Å². The Morgan fingerprint density at radius 2 is 1.80 bits per heavy atom. The van der Waals surface area contributed by atoms with E-state index in [2.05, 4.69) is 81.2 Å². The Labute approximate surface area is 123 Å². The molecule has 20 heavy (non-hydrogen) atoms. The zero-order valence-electron chi connectivity index (χ0n) is 13.0. The monoisotopic (exact) mass is 267 g/mol. The molecule has 0 aromatic heterocycles. The molecule has 1 aromatic rings. The summed E-state index contributed by atoms with van der Waals surface area (Å²) in [7, 11) is 1.93. The standard InChI is InChI=1S/C19H25N/c1-15-7-11-19(12-8-15)13-9-17(3)14-16(2)6-10-18(4)20-5/h6-13,20H,3,14H2,1-2,4-5H3/b13-9+,16-6+,18-10+. The van der Waals surface area contributed by atoms with E-state index in [1.165, 1.54) is 16.7 Å². The van der Waals surface area contributed by atoms with E-state index in [1.54, 1.807) is 0 Å². The highest BCUT2D eigenvalue weighted by atomic mass is 14.8. The van der Waals surface area contributed by atoms with Gasteiger partial charge in [-0.15, -0.1) is 0 Å². The molecule has 0 bridgehead atoms. The molecule has 0 aliphatic heterocycles. The smallest absolute Gasteiger partial charge is 0.00724 e. The van der Waals surface area contributed by atoms with Crippen molar-refractivity contribution in [2.45, 2.75) is 27.2 Å². The first-order chi connectivity index (χ1) is 9.51. The second kappa shape index (κ2) is 8.21. The predicted octanol–water partition coefficient (Wildman–Crippen LogP) is 5.02. The van der Waals surface area contributed by atoms with Crippen LogP contribution >= 0.6 is 0 Å². The Hall–Kier alpha value is -2.02. The van der Waals surface area contributed by atoms with E-state index in [0.717, 1.165) is 17.7 Å². The van der Waals surface area contributed by atoms with Crippen molar-refractivity contribution < 1.29 is 0 Å². The van der Waals surface area contributed by atoms with Crippen molar-refractivity contribution in [1.82, 2.24) is 5.32 Å². The number of aryl methyl sites for hydroxylation is 1. The number of hydrogen-bond donors (Lipinski definition) is 1. The minimum atomic E-state index is 0.899. The van der Waals surface area contributed by atoms with Crippen molar-refractivity contribution in [2.75, 3.05) is 7.05 Å². The molecule has 0 aliphatic rings. The third-order valence-corrected chi connectivity index (χ3v) is 3.11. The summed E-state index contributed by atoms with van der Waals surface area (Å²) < 4.78 is 0. The Morgan fingerprint density at radius 1 is 1.15 bits per heavy atom. The van der Waals surface area contributed by atoms with Crippen molar-refractivity contribution in [3.8, 4) is 0 Å². The Bertz CT molecular complexity index is 527. The third-order valence-electron chi connectivity index (χ3n) is 3.11. The fourth-order valence-electron chi connectivity index (χ4n) is 1.72. The third kappa shape index (κ3) is 6.24. The summed E-state index contributed by atoms with van der Waals surface area (Å²) in [6, 6.07) is 8.50. The number of nitrogens with one attached hydrogen (secondary N) is 1. The van der Waals surface area contributed by atoms with E-state index < -0.39 is 0 Å².